The SMILES string of the molecule is CC1CC(N)CCN1CC1CNC(=O)O1. The van der Waals surface area contributed by atoms with Gasteiger partial charge in [-0.25, -0.2) is 4.79 Å². The molecule has 0 bridgehead atoms. The van der Waals surface area contributed by atoms with E-state index in [9.17, 15) is 4.79 Å². The molecule has 0 aliphatic carbocycles. The number of amides is 1. The predicted molar refractivity (Wildman–Crippen MR) is 56.5 cm³/mol. The Kier molecular flexibility index (Phi) is 3.11. The summed E-state index contributed by atoms with van der Waals surface area (Å²) in [5.74, 6) is 0. The molecule has 0 radical (unpaired) electrons. The van der Waals surface area contributed by atoms with Gasteiger partial charge in [-0.1, -0.05) is 0 Å². The summed E-state index contributed by atoms with van der Waals surface area (Å²) in [6.45, 7) is 4.65. The van der Waals surface area contributed by atoms with Crippen molar-refractivity contribution in [3.05, 3.63) is 0 Å². The van der Waals surface area contributed by atoms with Gasteiger partial charge in [0, 0.05) is 25.2 Å². The number of rotatable bonds is 2. The third-order valence-electron chi connectivity index (χ3n) is 3.24. The van der Waals surface area contributed by atoms with Gasteiger partial charge in [-0.3, -0.25) is 4.90 Å². The van der Waals surface area contributed by atoms with Crippen LogP contribution in [0.1, 0.15) is 19.8 Å². The molecule has 0 aromatic carbocycles. The Morgan fingerprint density at radius 1 is 1.67 bits per heavy atom. The first-order valence-corrected chi connectivity index (χ1v) is 5.59. The highest BCUT2D eigenvalue weighted by molar-refractivity contribution is 5.69. The molecule has 3 unspecified atom stereocenters. The standard InChI is InChI=1S/C10H19N3O2/c1-7-4-8(11)2-3-13(7)6-9-5-12-10(14)15-9/h7-9H,2-6,11H2,1H3,(H,12,14). The van der Waals surface area contributed by atoms with Crippen LogP contribution < -0.4 is 11.1 Å². The van der Waals surface area contributed by atoms with E-state index >= 15 is 0 Å². The van der Waals surface area contributed by atoms with Crippen LogP contribution in [0.5, 0.6) is 0 Å². The number of hydrogen-bond acceptors (Lipinski definition) is 4. The van der Waals surface area contributed by atoms with Gasteiger partial charge in [0.05, 0.1) is 6.54 Å². The summed E-state index contributed by atoms with van der Waals surface area (Å²) in [7, 11) is 0. The zero-order chi connectivity index (χ0) is 10.8. The number of hydrogen-bond donors (Lipinski definition) is 2. The van der Waals surface area contributed by atoms with E-state index in [0.717, 1.165) is 25.9 Å². The molecule has 86 valence electrons. The molecule has 5 heteroatoms. The van der Waals surface area contributed by atoms with Crippen LogP contribution in [0.25, 0.3) is 0 Å². The van der Waals surface area contributed by atoms with Crippen molar-refractivity contribution >= 4 is 6.09 Å². The lowest BCUT2D eigenvalue weighted by atomic mass is 9.99. The molecular formula is C10H19N3O2. The molecule has 2 saturated heterocycles. The first kappa shape index (κ1) is 10.7. The average Bonchev–Trinajstić information content (AvgIpc) is 2.56. The molecule has 0 spiro atoms. The summed E-state index contributed by atoms with van der Waals surface area (Å²) in [5.41, 5.74) is 5.89. The van der Waals surface area contributed by atoms with E-state index in [1.54, 1.807) is 0 Å². The van der Waals surface area contributed by atoms with Crippen molar-refractivity contribution in [2.45, 2.75) is 38.0 Å². The summed E-state index contributed by atoms with van der Waals surface area (Å²) >= 11 is 0. The molecule has 0 aromatic heterocycles. The second-order valence-corrected chi connectivity index (χ2v) is 4.54. The monoisotopic (exact) mass is 213 g/mol. The van der Waals surface area contributed by atoms with Gasteiger partial charge in [0.25, 0.3) is 0 Å². The van der Waals surface area contributed by atoms with Crippen molar-refractivity contribution in [1.82, 2.24) is 10.2 Å². The maximum Gasteiger partial charge on any atom is 0.407 e. The zero-order valence-electron chi connectivity index (χ0n) is 9.11. The van der Waals surface area contributed by atoms with Crippen LogP contribution in [0.4, 0.5) is 4.79 Å². The molecule has 2 rings (SSSR count). The van der Waals surface area contributed by atoms with Crippen molar-refractivity contribution in [1.29, 1.82) is 0 Å². The number of ether oxygens (including phenoxy) is 1. The van der Waals surface area contributed by atoms with E-state index in [1.807, 2.05) is 0 Å². The van der Waals surface area contributed by atoms with E-state index in [2.05, 4.69) is 17.1 Å². The summed E-state index contributed by atoms with van der Waals surface area (Å²) in [6.07, 6.45) is 1.79. The van der Waals surface area contributed by atoms with E-state index in [0.29, 0.717) is 18.6 Å². The fraction of sp³-hybridized carbons (Fsp3) is 0.900. The number of piperidine rings is 1. The maximum absolute atomic E-state index is 10.9. The van der Waals surface area contributed by atoms with E-state index in [-0.39, 0.29) is 12.2 Å². The van der Waals surface area contributed by atoms with Gasteiger partial charge >= 0.3 is 6.09 Å². The van der Waals surface area contributed by atoms with Gasteiger partial charge < -0.3 is 15.8 Å². The highest BCUT2D eigenvalue weighted by atomic mass is 16.6. The molecule has 0 saturated carbocycles. The second kappa shape index (κ2) is 4.37. The Balaban J connectivity index is 1.81. The topological polar surface area (TPSA) is 67.6 Å². The smallest absolute Gasteiger partial charge is 0.407 e. The molecule has 1 amide bonds. The molecule has 15 heavy (non-hydrogen) atoms. The first-order chi connectivity index (χ1) is 7.15. The Hall–Kier alpha value is -0.810. The lowest BCUT2D eigenvalue weighted by molar-refractivity contribution is 0.0736. The molecule has 2 fully saturated rings. The first-order valence-electron chi connectivity index (χ1n) is 5.59. The van der Waals surface area contributed by atoms with E-state index < -0.39 is 0 Å². The number of nitrogens with one attached hydrogen (secondary N) is 1. The van der Waals surface area contributed by atoms with Gasteiger partial charge in [-0.05, 0) is 19.8 Å². The van der Waals surface area contributed by atoms with Crippen LogP contribution in [0.2, 0.25) is 0 Å². The van der Waals surface area contributed by atoms with Crippen molar-refractivity contribution in [3.63, 3.8) is 0 Å². The lowest BCUT2D eigenvalue weighted by Crippen LogP contribution is -2.48. The van der Waals surface area contributed by atoms with Crippen molar-refractivity contribution in [2.75, 3.05) is 19.6 Å². The lowest BCUT2D eigenvalue weighted by Gasteiger charge is -2.37. The maximum atomic E-state index is 10.9. The van der Waals surface area contributed by atoms with Crippen LogP contribution in [0.3, 0.4) is 0 Å². The Labute approximate surface area is 89.9 Å². The molecule has 3 atom stereocenters. The fourth-order valence-electron chi connectivity index (χ4n) is 2.32. The van der Waals surface area contributed by atoms with Crippen LogP contribution in [-0.2, 0) is 4.74 Å². The summed E-state index contributed by atoms with van der Waals surface area (Å²) in [5, 5.41) is 2.67. The van der Waals surface area contributed by atoms with Crippen molar-refractivity contribution in [2.24, 2.45) is 5.73 Å². The Bertz CT molecular complexity index is 247. The number of nitrogens with zero attached hydrogens (tertiary/aromatic N) is 1. The predicted octanol–water partition coefficient (Wildman–Crippen LogP) is -0.0936. The van der Waals surface area contributed by atoms with Crippen molar-refractivity contribution in [3.8, 4) is 0 Å². The largest absolute Gasteiger partial charge is 0.443 e. The molecule has 2 aliphatic rings. The second-order valence-electron chi connectivity index (χ2n) is 4.54. The molecule has 2 aliphatic heterocycles. The van der Waals surface area contributed by atoms with Crippen molar-refractivity contribution < 1.29 is 9.53 Å². The number of likely N-dealkylation sites (tertiary alicyclic amines) is 1. The third kappa shape index (κ3) is 2.60. The number of alkyl carbamates (subject to hydrolysis) is 1. The molecular weight excluding hydrogens is 194 g/mol. The highest BCUT2D eigenvalue weighted by Crippen LogP contribution is 2.17. The third-order valence-corrected chi connectivity index (χ3v) is 3.24. The number of carbonyl (C=O) groups is 1. The van der Waals surface area contributed by atoms with Gasteiger partial charge in [-0.2, -0.15) is 0 Å². The van der Waals surface area contributed by atoms with Gasteiger partial charge in [0.1, 0.15) is 6.10 Å². The van der Waals surface area contributed by atoms with Gasteiger partial charge in [0.2, 0.25) is 0 Å². The Morgan fingerprint density at radius 2 is 2.47 bits per heavy atom. The zero-order valence-corrected chi connectivity index (χ0v) is 9.11. The van der Waals surface area contributed by atoms with Crippen LogP contribution in [0.15, 0.2) is 0 Å². The molecule has 0 aromatic rings. The van der Waals surface area contributed by atoms with Gasteiger partial charge in [0.15, 0.2) is 0 Å². The number of nitrogens with two attached hydrogens (primary N) is 1. The van der Waals surface area contributed by atoms with Gasteiger partial charge in [-0.15, -0.1) is 0 Å². The summed E-state index contributed by atoms with van der Waals surface area (Å²) in [4.78, 5) is 13.2. The van der Waals surface area contributed by atoms with Crippen LogP contribution in [0, 0.1) is 0 Å². The molecule has 3 N–H and O–H groups in total. The molecule has 5 nitrogen and oxygen atoms in total. The van der Waals surface area contributed by atoms with Crippen LogP contribution in [-0.4, -0.2) is 48.8 Å². The molecule has 2 heterocycles. The van der Waals surface area contributed by atoms with E-state index in [1.165, 1.54) is 0 Å². The number of carbonyl (C=O) groups excluding carboxylic acids is 1. The Morgan fingerprint density at radius 3 is 3.07 bits per heavy atom. The summed E-state index contributed by atoms with van der Waals surface area (Å²) < 4.78 is 5.12. The van der Waals surface area contributed by atoms with E-state index in [4.69, 9.17) is 10.5 Å². The quantitative estimate of drug-likeness (QED) is 0.672. The minimum Gasteiger partial charge on any atom is -0.443 e. The average molecular weight is 213 g/mol. The fourth-order valence-corrected chi connectivity index (χ4v) is 2.32. The number of cyclic esters (lactones) is 1. The minimum atomic E-state index is -0.290. The minimum absolute atomic E-state index is 0.00859. The normalized spacial score (nSPS) is 37.5. The summed E-state index contributed by atoms with van der Waals surface area (Å²) in [6, 6.07) is 0.827. The highest BCUT2D eigenvalue weighted by Gasteiger charge is 2.29. The van der Waals surface area contributed by atoms with Crippen LogP contribution >= 0.6 is 0 Å².